The molecule has 5 rings (SSSR count). The van der Waals surface area contributed by atoms with E-state index in [1.807, 2.05) is 97.1 Å². The van der Waals surface area contributed by atoms with E-state index in [0.29, 0.717) is 31.6 Å². The van der Waals surface area contributed by atoms with Crippen LogP contribution in [0.2, 0.25) is 0 Å². The maximum atomic E-state index is 16.3. The largest absolute Gasteiger partial charge is 0.374 e. The van der Waals surface area contributed by atoms with Crippen molar-refractivity contribution in [3.8, 4) is 0 Å². The van der Waals surface area contributed by atoms with Crippen LogP contribution in [0.5, 0.6) is 0 Å². The Morgan fingerprint density at radius 1 is 0.667 bits per heavy atom. The van der Waals surface area contributed by atoms with Gasteiger partial charge in [-0.25, -0.2) is 0 Å². The lowest BCUT2D eigenvalue weighted by Crippen LogP contribution is -2.46. The first-order valence-corrected chi connectivity index (χ1v) is 13.5. The summed E-state index contributed by atoms with van der Waals surface area (Å²) < 4.78 is 50.7. The van der Waals surface area contributed by atoms with Crippen LogP contribution < -0.4 is 0 Å². The second-order valence-corrected chi connectivity index (χ2v) is 10.1. The molecule has 3 nitrogen and oxygen atoms in total. The van der Waals surface area contributed by atoms with Crippen molar-refractivity contribution in [3.63, 3.8) is 0 Å². The van der Waals surface area contributed by atoms with Gasteiger partial charge in [-0.1, -0.05) is 115 Å². The number of ether oxygens (including phenoxy) is 3. The van der Waals surface area contributed by atoms with Crippen LogP contribution in [0.3, 0.4) is 0 Å². The van der Waals surface area contributed by atoms with E-state index in [4.69, 9.17) is 14.2 Å². The van der Waals surface area contributed by atoms with Gasteiger partial charge in [0.05, 0.1) is 32.0 Å². The van der Waals surface area contributed by atoms with Crippen molar-refractivity contribution in [2.45, 2.75) is 56.7 Å². The van der Waals surface area contributed by atoms with Crippen LogP contribution in [0, 0.1) is 0 Å². The molecule has 39 heavy (non-hydrogen) atoms. The average molecular weight is 529 g/mol. The van der Waals surface area contributed by atoms with Gasteiger partial charge >= 0.3 is 0 Å². The van der Waals surface area contributed by atoms with Crippen LogP contribution in [0.4, 0.5) is 8.78 Å². The summed E-state index contributed by atoms with van der Waals surface area (Å²) >= 11 is 0. The predicted molar refractivity (Wildman–Crippen MR) is 149 cm³/mol. The Morgan fingerprint density at radius 3 is 1.90 bits per heavy atom. The molecule has 1 saturated heterocycles. The molecule has 4 aromatic carbocycles. The standard InChI is InChI=1S/C34H34F2O3/c35-34(36,32-19-11-10-18-29(32)20-26-12-4-1-5-13-26)33-22-30(38-24-28-16-8-3-9-17-28)21-31(39-33)25-37-23-27-14-6-2-7-15-27/h1-19,30-31,33H,20-25H2/t30-,31?,33?/m0/s1. The first-order chi connectivity index (χ1) is 19.1. The molecule has 1 fully saturated rings. The van der Waals surface area contributed by atoms with Crippen molar-refractivity contribution in [1.82, 2.24) is 0 Å². The first kappa shape index (κ1) is 27.2. The van der Waals surface area contributed by atoms with Gasteiger partial charge in [0, 0.05) is 18.4 Å². The zero-order valence-corrected chi connectivity index (χ0v) is 21.9. The van der Waals surface area contributed by atoms with Gasteiger partial charge in [0.25, 0.3) is 5.92 Å². The third kappa shape index (κ3) is 7.39. The second kappa shape index (κ2) is 13.1. The highest BCUT2D eigenvalue weighted by Gasteiger charge is 2.48. The highest BCUT2D eigenvalue weighted by molar-refractivity contribution is 5.36. The Morgan fingerprint density at radius 2 is 1.23 bits per heavy atom. The van der Waals surface area contributed by atoms with Crippen LogP contribution in [0.1, 0.15) is 40.7 Å². The third-order valence-electron chi connectivity index (χ3n) is 7.12. The molecule has 5 heteroatoms. The highest BCUT2D eigenvalue weighted by Crippen LogP contribution is 2.42. The minimum Gasteiger partial charge on any atom is -0.374 e. The van der Waals surface area contributed by atoms with Gasteiger partial charge in [0.1, 0.15) is 6.10 Å². The summed E-state index contributed by atoms with van der Waals surface area (Å²) in [5.41, 5.74) is 3.63. The number of alkyl halides is 2. The summed E-state index contributed by atoms with van der Waals surface area (Å²) in [6, 6.07) is 36.1. The molecule has 0 N–H and O–H groups in total. The first-order valence-electron chi connectivity index (χ1n) is 13.5. The second-order valence-electron chi connectivity index (χ2n) is 10.1. The van der Waals surface area contributed by atoms with E-state index in [1.165, 1.54) is 6.07 Å². The number of halogens is 2. The van der Waals surface area contributed by atoms with Crippen LogP contribution in [-0.2, 0) is 39.8 Å². The molecule has 0 saturated carbocycles. The smallest absolute Gasteiger partial charge is 0.299 e. The van der Waals surface area contributed by atoms with Gasteiger partial charge in [-0.15, -0.1) is 0 Å². The average Bonchev–Trinajstić information content (AvgIpc) is 2.98. The molecule has 0 aromatic heterocycles. The fourth-order valence-electron chi connectivity index (χ4n) is 5.11. The van der Waals surface area contributed by atoms with Gasteiger partial charge in [-0.2, -0.15) is 8.78 Å². The molecular formula is C34H34F2O3. The molecule has 2 unspecified atom stereocenters. The molecule has 0 spiro atoms. The molecule has 4 aromatic rings. The Balaban J connectivity index is 1.33. The Hall–Kier alpha value is -3.38. The number of benzene rings is 4. The predicted octanol–water partition coefficient (Wildman–Crippen LogP) is 7.72. The van der Waals surface area contributed by atoms with E-state index in [0.717, 1.165) is 16.7 Å². The van der Waals surface area contributed by atoms with Crippen molar-refractivity contribution in [2.24, 2.45) is 0 Å². The van der Waals surface area contributed by atoms with Gasteiger partial charge in [0.15, 0.2) is 0 Å². The molecule has 0 radical (unpaired) electrons. The highest BCUT2D eigenvalue weighted by atomic mass is 19.3. The Kier molecular flexibility index (Phi) is 9.15. The Bertz CT molecular complexity index is 1280. The summed E-state index contributed by atoms with van der Waals surface area (Å²) in [7, 11) is 0. The fourth-order valence-corrected chi connectivity index (χ4v) is 5.11. The Labute approximate surface area is 229 Å². The van der Waals surface area contributed by atoms with Gasteiger partial charge in [-0.3, -0.25) is 0 Å². The molecule has 0 bridgehead atoms. The van der Waals surface area contributed by atoms with Crippen molar-refractivity contribution < 1.29 is 23.0 Å². The zero-order chi connectivity index (χ0) is 26.9. The minimum absolute atomic E-state index is 0.00603. The van der Waals surface area contributed by atoms with Gasteiger partial charge in [0.2, 0.25) is 0 Å². The molecule has 0 amide bonds. The maximum absolute atomic E-state index is 16.3. The minimum atomic E-state index is -3.20. The lowest BCUT2D eigenvalue weighted by Gasteiger charge is -2.39. The van der Waals surface area contributed by atoms with Crippen molar-refractivity contribution in [1.29, 1.82) is 0 Å². The van der Waals surface area contributed by atoms with E-state index in [-0.39, 0.29) is 24.7 Å². The van der Waals surface area contributed by atoms with Crippen molar-refractivity contribution in [3.05, 3.63) is 143 Å². The van der Waals surface area contributed by atoms with E-state index in [1.54, 1.807) is 12.1 Å². The van der Waals surface area contributed by atoms with Gasteiger partial charge in [-0.05, 0) is 28.7 Å². The van der Waals surface area contributed by atoms with E-state index in [2.05, 4.69) is 0 Å². The molecular weight excluding hydrogens is 494 g/mol. The molecule has 1 aliphatic rings. The summed E-state index contributed by atoms with van der Waals surface area (Å²) in [5.74, 6) is -3.20. The number of rotatable bonds is 11. The summed E-state index contributed by atoms with van der Waals surface area (Å²) in [4.78, 5) is 0. The molecule has 3 atom stereocenters. The van der Waals surface area contributed by atoms with Crippen LogP contribution in [-0.4, -0.2) is 24.9 Å². The maximum Gasteiger partial charge on any atom is 0.299 e. The van der Waals surface area contributed by atoms with Crippen LogP contribution in [0.15, 0.2) is 115 Å². The molecule has 1 heterocycles. The van der Waals surface area contributed by atoms with Crippen LogP contribution >= 0.6 is 0 Å². The van der Waals surface area contributed by atoms with Crippen LogP contribution in [0.25, 0.3) is 0 Å². The summed E-state index contributed by atoms with van der Waals surface area (Å²) in [6.07, 6.45) is -1.16. The van der Waals surface area contributed by atoms with E-state index in [9.17, 15) is 0 Å². The van der Waals surface area contributed by atoms with Crippen molar-refractivity contribution in [2.75, 3.05) is 6.61 Å². The monoisotopic (exact) mass is 528 g/mol. The lowest BCUT2D eigenvalue weighted by molar-refractivity contribution is -0.219. The van der Waals surface area contributed by atoms with Crippen molar-refractivity contribution >= 4 is 0 Å². The zero-order valence-electron chi connectivity index (χ0n) is 21.9. The normalized spacial score (nSPS) is 19.6. The quantitative estimate of drug-likeness (QED) is 0.199. The van der Waals surface area contributed by atoms with E-state index >= 15 is 8.78 Å². The number of hydrogen-bond donors (Lipinski definition) is 0. The molecule has 0 aliphatic carbocycles. The number of hydrogen-bond acceptors (Lipinski definition) is 3. The fraction of sp³-hybridized carbons (Fsp3) is 0.294. The topological polar surface area (TPSA) is 27.7 Å². The summed E-state index contributed by atoms with van der Waals surface area (Å²) in [5, 5.41) is 0. The summed E-state index contributed by atoms with van der Waals surface area (Å²) in [6.45, 7) is 0.988. The SMILES string of the molecule is FC(F)(c1ccccc1Cc1ccccc1)C1C[C@@H](OCc2ccccc2)CC(COCc2ccccc2)O1. The molecule has 1 aliphatic heterocycles. The third-order valence-corrected chi connectivity index (χ3v) is 7.12. The van der Waals surface area contributed by atoms with Gasteiger partial charge < -0.3 is 14.2 Å². The van der Waals surface area contributed by atoms with E-state index < -0.39 is 18.1 Å². The lowest BCUT2D eigenvalue weighted by atomic mass is 9.89. The molecule has 202 valence electrons.